The average molecular weight is 467 g/mol. The maximum atomic E-state index is 13.5. The lowest BCUT2D eigenvalue weighted by Crippen LogP contribution is -2.47. The van der Waals surface area contributed by atoms with Crippen LogP contribution in [-0.2, 0) is 10.9 Å². The number of hydrogen-bond acceptors (Lipinski definition) is 6. The zero-order valence-corrected chi connectivity index (χ0v) is 18.3. The molecule has 1 atom stereocenters. The molecule has 0 amide bonds. The number of halogens is 3. The molecule has 0 saturated carbocycles. The molecule has 0 aliphatic carbocycles. The molecule has 2 fully saturated rings. The van der Waals surface area contributed by atoms with Gasteiger partial charge in [0.25, 0.3) is 0 Å². The highest BCUT2D eigenvalue weighted by atomic mass is 32.1. The van der Waals surface area contributed by atoms with Crippen molar-refractivity contribution in [3.63, 3.8) is 0 Å². The average Bonchev–Trinajstić information content (AvgIpc) is 3.31. The lowest BCUT2D eigenvalue weighted by atomic mass is 10.2. The zero-order chi connectivity index (χ0) is 22.6. The minimum atomic E-state index is -4.59. The molecular formula is C21H25F3N6OS. The lowest BCUT2D eigenvalue weighted by Gasteiger charge is -2.37. The molecule has 2 aromatic rings. The molecule has 2 aliphatic rings. The highest BCUT2D eigenvalue weighted by Gasteiger charge is 2.34. The molecule has 2 saturated heterocycles. The van der Waals surface area contributed by atoms with E-state index in [-0.39, 0.29) is 23.0 Å². The number of hydrogen-bond donors (Lipinski definition) is 2. The van der Waals surface area contributed by atoms with Crippen molar-refractivity contribution in [1.82, 2.24) is 15.3 Å². The van der Waals surface area contributed by atoms with E-state index in [9.17, 15) is 13.2 Å². The second kappa shape index (κ2) is 9.86. The van der Waals surface area contributed by atoms with E-state index < -0.39 is 11.9 Å². The van der Waals surface area contributed by atoms with Gasteiger partial charge in [-0.25, -0.2) is 4.98 Å². The number of nitrogens with one attached hydrogen (secondary N) is 2. The van der Waals surface area contributed by atoms with E-state index in [0.29, 0.717) is 39.3 Å². The van der Waals surface area contributed by atoms with Gasteiger partial charge in [0, 0.05) is 51.1 Å². The van der Waals surface area contributed by atoms with Crippen molar-refractivity contribution < 1.29 is 17.9 Å². The molecule has 0 spiro atoms. The van der Waals surface area contributed by atoms with Crippen LogP contribution in [0.2, 0.25) is 0 Å². The summed E-state index contributed by atoms with van der Waals surface area (Å²) in [7, 11) is 0. The smallest absolute Gasteiger partial charge is 0.376 e. The monoisotopic (exact) mass is 466 g/mol. The molecule has 172 valence electrons. The summed E-state index contributed by atoms with van der Waals surface area (Å²) in [5.74, 6) is 0.0506. The quantitative estimate of drug-likeness (QED) is 0.651. The number of nitrogens with zero attached hydrogens (tertiary/aromatic N) is 4. The Hall–Kier alpha value is -2.66. The first kappa shape index (κ1) is 22.5. The second-order valence-electron chi connectivity index (χ2n) is 7.71. The number of piperazine rings is 1. The Morgan fingerprint density at radius 1 is 1.09 bits per heavy atom. The predicted octanol–water partition coefficient (Wildman–Crippen LogP) is 3.29. The second-order valence-corrected chi connectivity index (χ2v) is 8.12. The molecule has 3 heterocycles. The van der Waals surface area contributed by atoms with Crippen molar-refractivity contribution in [2.45, 2.75) is 25.1 Å². The Balaban J connectivity index is 1.44. The maximum Gasteiger partial charge on any atom is 0.433 e. The summed E-state index contributed by atoms with van der Waals surface area (Å²) in [6, 6.07) is 10.9. The van der Waals surface area contributed by atoms with E-state index in [1.54, 1.807) is 0 Å². The van der Waals surface area contributed by atoms with Crippen LogP contribution in [0.25, 0.3) is 0 Å². The van der Waals surface area contributed by atoms with Crippen LogP contribution in [0.15, 0.2) is 36.4 Å². The van der Waals surface area contributed by atoms with E-state index in [1.165, 1.54) is 0 Å². The summed E-state index contributed by atoms with van der Waals surface area (Å²) in [5, 5.41) is 5.83. The van der Waals surface area contributed by atoms with Gasteiger partial charge >= 0.3 is 6.18 Å². The summed E-state index contributed by atoms with van der Waals surface area (Å²) >= 11 is 5.22. The normalized spacial score (nSPS) is 19.2. The summed E-state index contributed by atoms with van der Waals surface area (Å²) in [6.07, 6.45) is -2.63. The molecule has 4 rings (SSSR count). The van der Waals surface area contributed by atoms with Gasteiger partial charge in [0.05, 0.1) is 6.10 Å². The largest absolute Gasteiger partial charge is 0.433 e. The Morgan fingerprint density at radius 2 is 1.81 bits per heavy atom. The van der Waals surface area contributed by atoms with Gasteiger partial charge in [-0.05, 0) is 37.2 Å². The lowest BCUT2D eigenvalue weighted by molar-refractivity contribution is -0.141. The fraction of sp³-hybridized carbons (Fsp3) is 0.476. The van der Waals surface area contributed by atoms with E-state index in [4.69, 9.17) is 17.0 Å². The van der Waals surface area contributed by atoms with Crippen LogP contribution in [0.4, 0.5) is 30.6 Å². The van der Waals surface area contributed by atoms with Crippen LogP contribution in [0.1, 0.15) is 18.5 Å². The van der Waals surface area contributed by atoms with Crippen molar-refractivity contribution in [2.75, 3.05) is 54.4 Å². The first-order chi connectivity index (χ1) is 15.4. The van der Waals surface area contributed by atoms with Gasteiger partial charge in [0.1, 0.15) is 5.82 Å². The molecular weight excluding hydrogens is 441 g/mol. The number of ether oxygens (including phenoxy) is 1. The maximum absolute atomic E-state index is 13.5. The van der Waals surface area contributed by atoms with Crippen LogP contribution < -0.4 is 20.4 Å². The Bertz CT molecular complexity index is 915. The van der Waals surface area contributed by atoms with Gasteiger partial charge in [-0.15, -0.1) is 0 Å². The van der Waals surface area contributed by atoms with Gasteiger partial charge < -0.3 is 25.2 Å². The summed E-state index contributed by atoms with van der Waals surface area (Å²) in [5.41, 5.74) is 0.0910. The van der Waals surface area contributed by atoms with Crippen LogP contribution in [-0.4, -0.2) is 60.5 Å². The molecule has 0 unspecified atom stereocenters. The van der Waals surface area contributed by atoms with E-state index in [2.05, 4.69) is 25.5 Å². The van der Waals surface area contributed by atoms with Gasteiger partial charge in [0.15, 0.2) is 10.8 Å². The van der Waals surface area contributed by atoms with Gasteiger partial charge in [-0.1, -0.05) is 18.2 Å². The van der Waals surface area contributed by atoms with E-state index >= 15 is 0 Å². The molecule has 2 N–H and O–H groups in total. The Kier molecular flexibility index (Phi) is 6.95. The number of aromatic nitrogens is 2. The minimum absolute atomic E-state index is 0.0497. The first-order valence-corrected chi connectivity index (χ1v) is 11.0. The summed E-state index contributed by atoms with van der Waals surface area (Å²) in [6.45, 7) is 3.65. The molecule has 0 bridgehead atoms. The number of para-hydroxylation sites is 1. The third-order valence-electron chi connectivity index (χ3n) is 5.47. The van der Waals surface area contributed by atoms with Crippen LogP contribution >= 0.6 is 12.2 Å². The van der Waals surface area contributed by atoms with Crippen LogP contribution in [0.5, 0.6) is 0 Å². The van der Waals surface area contributed by atoms with E-state index in [1.807, 2.05) is 35.2 Å². The highest BCUT2D eigenvalue weighted by molar-refractivity contribution is 7.80. The SMILES string of the molecule is FC(F)(F)c1cc(N2CCN(c3ccccc3)CC2)nc(NC(=S)NC[C@@H]2CCCO2)n1. The van der Waals surface area contributed by atoms with Gasteiger partial charge in [-0.3, -0.25) is 0 Å². The number of thiocarbonyl (C=S) groups is 1. The van der Waals surface area contributed by atoms with Crippen molar-refractivity contribution in [3.05, 3.63) is 42.1 Å². The van der Waals surface area contributed by atoms with Crippen molar-refractivity contribution in [3.8, 4) is 0 Å². The number of anilines is 3. The fourth-order valence-electron chi connectivity index (χ4n) is 3.79. The van der Waals surface area contributed by atoms with Gasteiger partial charge in [0.2, 0.25) is 5.95 Å². The molecule has 2 aliphatic heterocycles. The first-order valence-electron chi connectivity index (χ1n) is 10.6. The third kappa shape index (κ3) is 5.77. The topological polar surface area (TPSA) is 65.5 Å². The number of benzene rings is 1. The van der Waals surface area contributed by atoms with Crippen molar-refractivity contribution in [1.29, 1.82) is 0 Å². The van der Waals surface area contributed by atoms with Crippen LogP contribution in [0, 0.1) is 0 Å². The van der Waals surface area contributed by atoms with Crippen LogP contribution in [0.3, 0.4) is 0 Å². The Morgan fingerprint density at radius 3 is 2.47 bits per heavy atom. The molecule has 1 aromatic carbocycles. The number of alkyl halides is 3. The van der Waals surface area contributed by atoms with Gasteiger partial charge in [-0.2, -0.15) is 18.2 Å². The van der Waals surface area contributed by atoms with E-state index in [0.717, 1.165) is 24.6 Å². The highest BCUT2D eigenvalue weighted by Crippen LogP contribution is 2.31. The molecule has 11 heteroatoms. The zero-order valence-electron chi connectivity index (χ0n) is 17.4. The molecule has 1 aromatic heterocycles. The standard InChI is InChI=1S/C21H25F3N6OS/c22-21(23,24)17-13-18(30-10-8-29(9-11-30)15-5-2-1-3-6-15)27-19(26-17)28-20(32)25-14-16-7-4-12-31-16/h1-3,5-6,13,16H,4,7-12,14H2,(H2,25,26,27,28,32)/t16-/m0/s1. The third-order valence-corrected chi connectivity index (χ3v) is 5.71. The molecule has 0 radical (unpaired) electrons. The molecule has 32 heavy (non-hydrogen) atoms. The van der Waals surface area contributed by atoms with Crippen molar-refractivity contribution in [2.24, 2.45) is 0 Å². The predicted molar refractivity (Wildman–Crippen MR) is 121 cm³/mol. The fourth-order valence-corrected chi connectivity index (χ4v) is 3.96. The minimum Gasteiger partial charge on any atom is -0.376 e. The Labute approximate surface area is 190 Å². The molecule has 7 nitrogen and oxygen atoms in total. The summed E-state index contributed by atoms with van der Waals surface area (Å²) in [4.78, 5) is 12.0. The summed E-state index contributed by atoms with van der Waals surface area (Å²) < 4.78 is 46.0. The van der Waals surface area contributed by atoms with Crippen molar-refractivity contribution >= 4 is 34.8 Å². The number of rotatable bonds is 5.